The van der Waals surface area contributed by atoms with E-state index in [1.807, 2.05) is 24.3 Å². The van der Waals surface area contributed by atoms with Gasteiger partial charge in [-0.15, -0.1) is 0 Å². The Hall–Kier alpha value is -2.20. The Labute approximate surface area is 155 Å². The van der Waals surface area contributed by atoms with E-state index in [4.69, 9.17) is 0 Å². The minimum atomic E-state index is -0.356. The van der Waals surface area contributed by atoms with E-state index in [-0.39, 0.29) is 17.3 Å². The summed E-state index contributed by atoms with van der Waals surface area (Å²) < 4.78 is 13.2. The molecule has 0 aromatic heterocycles. The first-order valence-corrected chi connectivity index (χ1v) is 9.46. The van der Waals surface area contributed by atoms with Crippen LogP contribution in [0.5, 0.6) is 0 Å². The number of carbonyl (C=O) groups excluding carboxylic acids is 1. The molecule has 26 heavy (non-hydrogen) atoms. The van der Waals surface area contributed by atoms with Gasteiger partial charge in [-0.25, -0.2) is 4.39 Å². The minimum Gasteiger partial charge on any atom is -0.343 e. The van der Waals surface area contributed by atoms with E-state index in [0.29, 0.717) is 5.56 Å². The molecule has 138 valence electrons. The molecule has 3 nitrogen and oxygen atoms in total. The second-order valence-electron chi connectivity index (χ2n) is 7.05. The lowest BCUT2D eigenvalue weighted by Gasteiger charge is -2.43. The third kappa shape index (κ3) is 3.96. The highest BCUT2D eigenvalue weighted by Crippen LogP contribution is 2.41. The molecule has 0 heterocycles. The maximum Gasteiger partial charge on any atom is 0.251 e. The van der Waals surface area contributed by atoms with E-state index in [1.165, 1.54) is 17.7 Å². The fourth-order valence-corrected chi connectivity index (χ4v) is 3.54. The predicted octanol–water partition coefficient (Wildman–Crippen LogP) is 4.48. The smallest absolute Gasteiger partial charge is 0.251 e. The van der Waals surface area contributed by atoms with Gasteiger partial charge in [0.25, 0.3) is 5.91 Å². The maximum absolute atomic E-state index is 13.2. The molecule has 0 atom stereocenters. The fourth-order valence-electron chi connectivity index (χ4n) is 3.54. The summed E-state index contributed by atoms with van der Waals surface area (Å²) in [5, 5.41) is 3.19. The Balaban J connectivity index is 1.70. The molecular formula is C22H27FN2O. The molecule has 0 saturated heterocycles. The zero-order chi connectivity index (χ0) is 18.6. The van der Waals surface area contributed by atoms with Gasteiger partial charge in [-0.3, -0.25) is 9.69 Å². The number of benzene rings is 2. The first-order valence-electron chi connectivity index (χ1n) is 9.46. The molecule has 1 fully saturated rings. The van der Waals surface area contributed by atoms with E-state index in [1.54, 1.807) is 12.1 Å². The van der Waals surface area contributed by atoms with Crippen LogP contribution in [0.15, 0.2) is 48.5 Å². The van der Waals surface area contributed by atoms with Gasteiger partial charge in [-0.05, 0) is 67.7 Å². The highest BCUT2D eigenvalue weighted by Gasteiger charge is 2.40. The van der Waals surface area contributed by atoms with Crippen LogP contribution in [0.3, 0.4) is 0 Å². The Bertz CT molecular complexity index is 732. The highest BCUT2D eigenvalue weighted by atomic mass is 19.1. The third-order valence-corrected chi connectivity index (χ3v) is 5.47. The highest BCUT2D eigenvalue weighted by molar-refractivity contribution is 5.94. The Kier molecular flexibility index (Phi) is 5.72. The van der Waals surface area contributed by atoms with Gasteiger partial charge in [0.1, 0.15) is 5.82 Å². The quantitative estimate of drug-likeness (QED) is 0.795. The largest absolute Gasteiger partial charge is 0.343 e. The Morgan fingerprint density at radius 1 is 1.04 bits per heavy atom. The van der Waals surface area contributed by atoms with Crippen LogP contribution >= 0.6 is 0 Å². The summed E-state index contributed by atoms with van der Waals surface area (Å²) in [6.07, 6.45) is 2.86. The molecule has 3 rings (SSSR count). The molecule has 0 bridgehead atoms. The zero-order valence-corrected chi connectivity index (χ0v) is 15.6. The molecular weight excluding hydrogens is 327 g/mol. The molecule has 0 aliphatic heterocycles. The fraction of sp³-hybridized carbons (Fsp3) is 0.409. The summed E-state index contributed by atoms with van der Waals surface area (Å²) in [7, 11) is 0. The van der Waals surface area contributed by atoms with Gasteiger partial charge in [0.05, 0.1) is 5.54 Å². The van der Waals surface area contributed by atoms with Crippen molar-refractivity contribution in [3.8, 4) is 0 Å². The number of nitrogens with one attached hydrogen (secondary N) is 1. The van der Waals surface area contributed by atoms with Gasteiger partial charge in [0.2, 0.25) is 0 Å². The van der Waals surface area contributed by atoms with Crippen LogP contribution in [0.4, 0.5) is 4.39 Å². The van der Waals surface area contributed by atoms with E-state index in [9.17, 15) is 9.18 Å². The lowest BCUT2D eigenvalue weighted by molar-refractivity contribution is 0.0823. The van der Waals surface area contributed by atoms with Crippen molar-refractivity contribution < 1.29 is 9.18 Å². The molecule has 1 aliphatic carbocycles. The molecule has 4 heteroatoms. The summed E-state index contributed by atoms with van der Waals surface area (Å²) in [6, 6.07) is 14.3. The molecule has 2 aromatic rings. The zero-order valence-electron chi connectivity index (χ0n) is 15.6. The van der Waals surface area contributed by atoms with E-state index < -0.39 is 0 Å². The van der Waals surface area contributed by atoms with Crippen molar-refractivity contribution in [3.05, 3.63) is 71.0 Å². The topological polar surface area (TPSA) is 32.3 Å². The van der Waals surface area contributed by atoms with Crippen LogP contribution in [0.25, 0.3) is 0 Å². The Morgan fingerprint density at radius 3 is 2.15 bits per heavy atom. The summed E-state index contributed by atoms with van der Waals surface area (Å²) >= 11 is 0. The van der Waals surface area contributed by atoms with Crippen molar-refractivity contribution in [2.24, 2.45) is 0 Å². The maximum atomic E-state index is 13.2. The van der Waals surface area contributed by atoms with Crippen molar-refractivity contribution in [1.82, 2.24) is 10.2 Å². The third-order valence-electron chi connectivity index (χ3n) is 5.47. The lowest BCUT2D eigenvalue weighted by atomic mass is 9.71. The molecule has 1 saturated carbocycles. The summed E-state index contributed by atoms with van der Waals surface area (Å²) in [4.78, 5) is 15.1. The summed E-state index contributed by atoms with van der Waals surface area (Å²) in [5.41, 5.74) is 2.51. The number of rotatable bonds is 7. The Morgan fingerprint density at radius 2 is 1.65 bits per heavy atom. The van der Waals surface area contributed by atoms with Gasteiger partial charge >= 0.3 is 0 Å². The van der Waals surface area contributed by atoms with Crippen LogP contribution in [-0.2, 0) is 12.1 Å². The summed E-state index contributed by atoms with van der Waals surface area (Å²) in [6.45, 7) is 7.23. The van der Waals surface area contributed by atoms with E-state index >= 15 is 0 Å². The molecule has 1 aliphatic rings. The normalized spacial score (nSPS) is 15.5. The first-order chi connectivity index (χ1) is 12.6. The second-order valence-corrected chi connectivity index (χ2v) is 7.05. The average Bonchev–Trinajstić information content (AvgIpc) is 2.64. The van der Waals surface area contributed by atoms with E-state index in [0.717, 1.165) is 44.5 Å². The number of nitrogens with zero attached hydrogens (tertiary/aromatic N) is 1. The van der Waals surface area contributed by atoms with Crippen LogP contribution in [-0.4, -0.2) is 23.9 Å². The average molecular weight is 354 g/mol. The van der Waals surface area contributed by atoms with Crippen LogP contribution in [0.2, 0.25) is 0 Å². The van der Waals surface area contributed by atoms with Crippen molar-refractivity contribution in [1.29, 1.82) is 0 Å². The van der Waals surface area contributed by atoms with Gasteiger partial charge in [-0.1, -0.05) is 38.1 Å². The molecule has 1 amide bonds. The number of hydrogen-bond acceptors (Lipinski definition) is 2. The number of halogens is 1. The number of hydrogen-bond donors (Lipinski definition) is 1. The number of carbonyl (C=O) groups is 1. The van der Waals surface area contributed by atoms with Crippen LogP contribution in [0, 0.1) is 5.82 Å². The molecule has 0 unspecified atom stereocenters. The van der Waals surface area contributed by atoms with Crippen molar-refractivity contribution in [3.63, 3.8) is 0 Å². The van der Waals surface area contributed by atoms with E-state index in [2.05, 4.69) is 24.1 Å². The van der Waals surface area contributed by atoms with Gasteiger partial charge in [0, 0.05) is 12.1 Å². The summed E-state index contributed by atoms with van der Waals surface area (Å²) in [5.74, 6) is -0.318. The molecule has 0 spiro atoms. The van der Waals surface area contributed by atoms with Gasteiger partial charge in [0.15, 0.2) is 0 Å². The van der Waals surface area contributed by atoms with Crippen molar-refractivity contribution in [2.75, 3.05) is 13.1 Å². The first kappa shape index (κ1) is 18.6. The predicted molar refractivity (Wildman–Crippen MR) is 102 cm³/mol. The van der Waals surface area contributed by atoms with Crippen LogP contribution in [0.1, 0.15) is 54.6 Å². The lowest BCUT2D eigenvalue weighted by Crippen LogP contribution is -2.50. The monoisotopic (exact) mass is 354 g/mol. The van der Waals surface area contributed by atoms with Crippen LogP contribution < -0.4 is 5.32 Å². The van der Waals surface area contributed by atoms with Crippen molar-refractivity contribution in [2.45, 2.75) is 45.2 Å². The molecule has 2 aromatic carbocycles. The number of amides is 1. The van der Waals surface area contributed by atoms with Gasteiger partial charge < -0.3 is 5.32 Å². The second kappa shape index (κ2) is 8.00. The standard InChI is InChI=1S/C22H27FN2O/c1-3-25(4-2)16-17-6-8-18(9-7-17)21(26)24-22(14-5-15-22)19-10-12-20(23)13-11-19/h6-13H,3-5,14-16H2,1-2H3,(H,24,26). The van der Waals surface area contributed by atoms with Gasteiger partial charge in [-0.2, -0.15) is 0 Å². The SMILES string of the molecule is CCN(CC)Cc1ccc(C(=O)NC2(c3ccc(F)cc3)CCC2)cc1. The molecule has 0 radical (unpaired) electrons. The van der Waals surface area contributed by atoms with Crippen molar-refractivity contribution >= 4 is 5.91 Å². The molecule has 1 N–H and O–H groups in total. The minimum absolute atomic E-state index is 0.0663.